The van der Waals surface area contributed by atoms with Gasteiger partial charge in [0.1, 0.15) is 0 Å². The molecule has 0 amide bonds. The minimum absolute atomic E-state index is 0.106. The fourth-order valence-electron chi connectivity index (χ4n) is 9.28. The lowest BCUT2D eigenvalue weighted by Crippen LogP contribution is -2.17. The van der Waals surface area contributed by atoms with Crippen molar-refractivity contribution in [1.82, 2.24) is 0 Å². The molecule has 0 fully saturated rings. The summed E-state index contributed by atoms with van der Waals surface area (Å²) >= 11 is 0. The molecule has 10 rings (SSSR count). The van der Waals surface area contributed by atoms with Crippen LogP contribution in [0.15, 0.2) is 152 Å². The minimum atomic E-state index is -0.106. The van der Waals surface area contributed by atoms with Crippen LogP contribution < -0.4 is 4.90 Å². The van der Waals surface area contributed by atoms with Gasteiger partial charge in [0, 0.05) is 27.3 Å². The lowest BCUT2D eigenvalue weighted by atomic mass is 9.82. The van der Waals surface area contributed by atoms with Crippen LogP contribution in [0.4, 0.5) is 17.1 Å². The van der Waals surface area contributed by atoms with E-state index in [1.165, 1.54) is 93.9 Å². The Hall–Kier alpha value is -5.66. The van der Waals surface area contributed by atoms with E-state index in [0.29, 0.717) is 0 Å². The molecule has 0 radical (unpaired) electrons. The summed E-state index contributed by atoms with van der Waals surface area (Å²) in [5.41, 5.74) is 14.3. The fourth-order valence-corrected chi connectivity index (χ4v) is 9.28. The molecule has 0 unspecified atom stereocenters. The number of fused-ring (bicyclic) bond motifs is 11. The smallest absolute Gasteiger partial charge is 0.0546 e. The molecule has 0 spiro atoms. The second-order valence-electron chi connectivity index (χ2n) is 14.9. The van der Waals surface area contributed by atoms with Gasteiger partial charge in [-0.25, -0.2) is 0 Å². The van der Waals surface area contributed by atoms with Crippen molar-refractivity contribution in [3.05, 3.63) is 174 Å². The molecule has 0 bridgehead atoms. The van der Waals surface area contributed by atoms with Gasteiger partial charge in [0.25, 0.3) is 0 Å². The molecule has 0 saturated heterocycles. The number of benzene rings is 8. The quantitative estimate of drug-likeness (QED) is 0.176. The van der Waals surface area contributed by atoms with Crippen LogP contribution >= 0.6 is 0 Å². The Morgan fingerprint density at radius 2 is 0.837 bits per heavy atom. The van der Waals surface area contributed by atoms with Crippen LogP contribution in [0.25, 0.3) is 54.6 Å². The molecule has 234 valence electrons. The summed E-state index contributed by atoms with van der Waals surface area (Å²) in [7, 11) is 0. The second kappa shape index (κ2) is 9.94. The Morgan fingerprint density at radius 3 is 1.45 bits per heavy atom. The topological polar surface area (TPSA) is 3.24 Å². The van der Waals surface area contributed by atoms with Gasteiger partial charge in [0.2, 0.25) is 0 Å². The van der Waals surface area contributed by atoms with E-state index >= 15 is 0 Å². The highest BCUT2D eigenvalue weighted by molar-refractivity contribution is 6.24. The Labute approximate surface area is 288 Å². The van der Waals surface area contributed by atoms with Crippen molar-refractivity contribution in [3.63, 3.8) is 0 Å². The maximum absolute atomic E-state index is 2.60. The van der Waals surface area contributed by atoms with Gasteiger partial charge in [-0.05, 0) is 78.5 Å². The first kappa shape index (κ1) is 28.4. The Balaban J connectivity index is 1.38. The molecule has 2 aliphatic carbocycles. The standard InChI is InChI=1S/C48H37N/c1-47(2)37-21-11-9-19-35(37)45-39(47)23-13-25-41(45)49(42-26-14-24-40-46(42)36-20-10-12-22-38(36)48(40,3)4)43-29-31-28-27-30-15-5-6-16-32(30)44(31)34-18-8-7-17-33(34)43/h5-29H,1-4H3. The van der Waals surface area contributed by atoms with Gasteiger partial charge < -0.3 is 4.90 Å². The molecule has 2 aliphatic rings. The summed E-state index contributed by atoms with van der Waals surface area (Å²) in [6.07, 6.45) is 0. The highest BCUT2D eigenvalue weighted by Gasteiger charge is 2.41. The van der Waals surface area contributed by atoms with Crippen molar-refractivity contribution >= 4 is 49.4 Å². The van der Waals surface area contributed by atoms with Gasteiger partial charge in [-0.3, -0.25) is 0 Å². The van der Waals surface area contributed by atoms with E-state index in [1.54, 1.807) is 0 Å². The molecule has 0 heterocycles. The fraction of sp³-hybridized carbons (Fsp3) is 0.125. The van der Waals surface area contributed by atoms with E-state index in [2.05, 4.69) is 184 Å². The van der Waals surface area contributed by atoms with Crippen molar-refractivity contribution < 1.29 is 0 Å². The lowest BCUT2D eigenvalue weighted by molar-refractivity contribution is 0.660. The predicted molar refractivity (Wildman–Crippen MR) is 209 cm³/mol. The normalized spacial score (nSPS) is 14.9. The Bertz CT molecular complexity index is 2570. The van der Waals surface area contributed by atoms with Gasteiger partial charge in [0.05, 0.1) is 17.1 Å². The van der Waals surface area contributed by atoms with Crippen LogP contribution in [-0.2, 0) is 10.8 Å². The molecule has 8 aromatic carbocycles. The molecule has 0 saturated carbocycles. The molecule has 1 heteroatoms. The molecular formula is C48H37N. The average molecular weight is 628 g/mol. The van der Waals surface area contributed by atoms with E-state index in [4.69, 9.17) is 0 Å². The number of hydrogen-bond donors (Lipinski definition) is 0. The zero-order chi connectivity index (χ0) is 33.1. The van der Waals surface area contributed by atoms with Gasteiger partial charge >= 0.3 is 0 Å². The zero-order valence-electron chi connectivity index (χ0n) is 28.4. The van der Waals surface area contributed by atoms with Gasteiger partial charge in [0.15, 0.2) is 0 Å². The number of hydrogen-bond acceptors (Lipinski definition) is 1. The minimum Gasteiger partial charge on any atom is -0.309 e. The lowest BCUT2D eigenvalue weighted by Gasteiger charge is -2.32. The monoisotopic (exact) mass is 627 g/mol. The summed E-state index contributed by atoms with van der Waals surface area (Å²) < 4.78 is 0. The zero-order valence-corrected chi connectivity index (χ0v) is 28.4. The van der Waals surface area contributed by atoms with E-state index in [1.807, 2.05) is 0 Å². The van der Waals surface area contributed by atoms with Crippen molar-refractivity contribution in [2.24, 2.45) is 0 Å². The summed E-state index contributed by atoms with van der Waals surface area (Å²) in [6.45, 7) is 9.51. The first-order chi connectivity index (χ1) is 23.9. The van der Waals surface area contributed by atoms with E-state index < -0.39 is 0 Å². The third-order valence-electron chi connectivity index (χ3n) is 11.6. The van der Waals surface area contributed by atoms with Crippen molar-refractivity contribution in [1.29, 1.82) is 0 Å². The first-order valence-corrected chi connectivity index (χ1v) is 17.5. The molecule has 1 nitrogen and oxygen atoms in total. The average Bonchev–Trinajstić information content (AvgIpc) is 3.52. The van der Waals surface area contributed by atoms with Crippen LogP contribution in [0.2, 0.25) is 0 Å². The predicted octanol–water partition coefficient (Wildman–Crippen LogP) is 13.2. The van der Waals surface area contributed by atoms with Crippen molar-refractivity contribution in [2.45, 2.75) is 38.5 Å². The van der Waals surface area contributed by atoms with E-state index in [9.17, 15) is 0 Å². The number of nitrogens with zero attached hydrogens (tertiary/aromatic N) is 1. The molecule has 0 aliphatic heterocycles. The molecule has 8 aromatic rings. The molecule has 0 atom stereocenters. The van der Waals surface area contributed by atoms with E-state index in [-0.39, 0.29) is 10.8 Å². The highest BCUT2D eigenvalue weighted by Crippen LogP contribution is 2.58. The molecule has 0 aromatic heterocycles. The third kappa shape index (κ3) is 3.76. The van der Waals surface area contributed by atoms with Gasteiger partial charge in [-0.2, -0.15) is 0 Å². The second-order valence-corrected chi connectivity index (χ2v) is 14.9. The highest BCUT2D eigenvalue weighted by atomic mass is 15.2. The van der Waals surface area contributed by atoms with Crippen LogP contribution in [-0.4, -0.2) is 0 Å². The third-order valence-corrected chi connectivity index (χ3v) is 11.6. The Morgan fingerprint density at radius 1 is 0.367 bits per heavy atom. The summed E-state index contributed by atoms with van der Waals surface area (Å²) in [5.74, 6) is 0. The SMILES string of the molecule is CC1(C)c2ccccc2-c2c(N(c3cccc4c3-c3ccccc3C4(C)C)c3cc4ccc5ccccc5c4c4ccccc34)cccc21. The largest absolute Gasteiger partial charge is 0.309 e. The first-order valence-electron chi connectivity index (χ1n) is 17.5. The van der Waals surface area contributed by atoms with Crippen LogP contribution in [0.5, 0.6) is 0 Å². The van der Waals surface area contributed by atoms with Crippen molar-refractivity contribution in [2.75, 3.05) is 4.90 Å². The van der Waals surface area contributed by atoms with Gasteiger partial charge in [-0.1, -0.05) is 161 Å². The summed E-state index contributed by atoms with van der Waals surface area (Å²) in [4.78, 5) is 2.60. The van der Waals surface area contributed by atoms with Crippen LogP contribution in [0.3, 0.4) is 0 Å². The number of rotatable bonds is 3. The molecule has 0 N–H and O–H groups in total. The number of anilines is 3. The Kier molecular flexibility index (Phi) is 5.75. The maximum atomic E-state index is 2.60. The van der Waals surface area contributed by atoms with E-state index in [0.717, 1.165) is 0 Å². The molecular weight excluding hydrogens is 591 g/mol. The van der Waals surface area contributed by atoms with Crippen LogP contribution in [0, 0.1) is 0 Å². The van der Waals surface area contributed by atoms with Gasteiger partial charge in [-0.15, -0.1) is 0 Å². The van der Waals surface area contributed by atoms with Crippen LogP contribution in [0.1, 0.15) is 49.9 Å². The summed E-state index contributed by atoms with van der Waals surface area (Å²) in [6, 6.07) is 56.8. The maximum Gasteiger partial charge on any atom is 0.0546 e. The molecule has 49 heavy (non-hydrogen) atoms. The van der Waals surface area contributed by atoms with Crippen molar-refractivity contribution in [3.8, 4) is 22.3 Å². The summed E-state index contributed by atoms with van der Waals surface area (Å²) in [5, 5.41) is 7.65.